The first-order chi connectivity index (χ1) is 7.26. The van der Waals surface area contributed by atoms with E-state index < -0.39 is 17.8 Å². The van der Waals surface area contributed by atoms with Crippen LogP contribution in [0.15, 0.2) is 21.6 Å². The second-order valence-electron chi connectivity index (χ2n) is 3.07. The molecule has 0 spiro atoms. The van der Waals surface area contributed by atoms with Crippen LogP contribution in [-0.4, -0.2) is 29.5 Å². The minimum absolute atomic E-state index is 0.0441. The summed E-state index contributed by atoms with van der Waals surface area (Å²) in [6.07, 6.45) is -1.79. The van der Waals surface area contributed by atoms with E-state index >= 15 is 0 Å². The van der Waals surface area contributed by atoms with Gasteiger partial charge in [-0.05, 0) is 28.7 Å². The van der Waals surface area contributed by atoms with E-state index in [0.29, 0.717) is 3.58 Å². The average molecular weight is 370 g/mol. The van der Waals surface area contributed by atoms with Gasteiger partial charge in [-0.2, -0.15) is 13.2 Å². The molecule has 1 rings (SSSR count). The number of halogens is 5. The molecule has 0 bridgehead atoms. The zero-order valence-corrected chi connectivity index (χ0v) is 10.7. The van der Waals surface area contributed by atoms with Crippen molar-refractivity contribution in [2.45, 2.75) is 11.2 Å². The van der Waals surface area contributed by atoms with Crippen LogP contribution < -0.4 is 5.32 Å². The van der Waals surface area contributed by atoms with Crippen LogP contribution in [-0.2, 0) is 4.74 Å². The molecular weight excluding hydrogens is 361 g/mol. The molecule has 92 valence electrons. The van der Waals surface area contributed by atoms with Gasteiger partial charge in [-0.15, -0.1) is 0 Å². The van der Waals surface area contributed by atoms with E-state index in [1.807, 2.05) is 0 Å². The van der Waals surface area contributed by atoms with E-state index in [-0.39, 0.29) is 12.4 Å². The monoisotopic (exact) mass is 369 g/mol. The molecule has 1 aliphatic heterocycles. The molecule has 0 aromatic rings. The van der Waals surface area contributed by atoms with Gasteiger partial charge in [-0.25, -0.2) is 0 Å². The third-order valence-electron chi connectivity index (χ3n) is 1.66. The molecule has 0 amide bonds. The highest BCUT2D eigenvalue weighted by atomic mass is 127. The van der Waals surface area contributed by atoms with Crippen molar-refractivity contribution in [2.24, 2.45) is 0 Å². The van der Waals surface area contributed by atoms with Crippen LogP contribution in [0.1, 0.15) is 0 Å². The molecule has 1 aliphatic rings. The van der Waals surface area contributed by atoms with Crippen LogP contribution in [0.25, 0.3) is 0 Å². The molecule has 0 aliphatic carbocycles. The van der Waals surface area contributed by atoms with Crippen molar-refractivity contribution in [3.8, 4) is 0 Å². The fourth-order valence-electron chi connectivity index (χ4n) is 0.930. The molecule has 1 unspecified atom stereocenters. The Bertz CT molecular complexity index is 332. The summed E-state index contributed by atoms with van der Waals surface area (Å²) in [7, 11) is 0. The molecule has 2 N–H and O–H groups in total. The lowest BCUT2D eigenvalue weighted by Crippen LogP contribution is -2.40. The van der Waals surface area contributed by atoms with Crippen molar-refractivity contribution >= 4 is 34.2 Å². The molecule has 16 heavy (non-hydrogen) atoms. The summed E-state index contributed by atoms with van der Waals surface area (Å²) in [5.74, 6) is 0.0441. The SMILES string of the molecule is OCC1(Cl)C=C(I)C(OCC(F)(F)F)=CN1. The molecule has 0 radical (unpaired) electrons. The number of nitrogens with one attached hydrogen (secondary N) is 1. The topological polar surface area (TPSA) is 41.5 Å². The average Bonchev–Trinajstić information content (AvgIpc) is 2.15. The van der Waals surface area contributed by atoms with Crippen molar-refractivity contribution in [1.82, 2.24) is 5.32 Å². The van der Waals surface area contributed by atoms with E-state index in [4.69, 9.17) is 16.7 Å². The van der Waals surface area contributed by atoms with Gasteiger partial charge in [0.05, 0.1) is 10.2 Å². The number of ether oxygens (including phenoxy) is 1. The number of allylic oxidation sites excluding steroid dienone is 1. The summed E-state index contributed by atoms with van der Waals surface area (Å²) in [6.45, 7) is -1.75. The number of hydrogen-bond acceptors (Lipinski definition) is 3. The van der Waals surface area contributed by atoms with Crippen molar-refractivity contribution < 1.29 is 23.0 Å². The second-order valence-corrected chi connectivity index (χ2v) is 4.91. The number of aliphatic hydroxyl groups excluding tert-OH is 1. The minimum atomic E-state index is -4.38. The van der Waals surface area contributed by atoms with Crippen molar-refractivity contribution in [3.05, 3.63) is 21.6 Å². The van der Waals surface area contributed by atoms with E-state index in [1.54, 1.807) is 22.6 Å². The predicted octanol–water partition coefficient (Wildman–Crippen LogP) is 2.26. The number of rotatable bonds is 3. The van der Waals surface area contributed by atoms with E-state index in [0.717, 1.165) is 0 Å². The van der Waals surface area contributed by atoms with Crippen molar-refractivity contribution in [1.29, 1.82) is 0 Å². The highest BCUT2D eigenvalue weighted by Gasteiger charge is 2.31. The highest BCUT2D eigenvalue weighted by molar-refractivity contribution is 14.1. The molecule has 1 heterocycles. The summed E-state index contributed by atoms with van der Waals surface area (Å²) < 4.78 is 40.6. The predicted molar refractivity (Wildman–Crippen MR) is 61.0 cm³/mol. The molecular formula is C8H8ClF3INO2. The first-order valence-electron chi connectivity index (χ1n) is 4.12. The van der Waals surface area contributed by atoms with Gasteiger partial charge in [0.2, 0.25) is 0 Å². The number of hydrogen-bond donors (Lipinski definition) is 2. The van der Waals surface area contributed by atoms with Crippen LogP contribution in [0.3, 0.4) is 0 Å². The number of dihydropyridines is 1. The summed E-state index contributed by atoms with van der Waals surface area (Å²) in [5, 5.41) is 11.5. The fourth-order valence-corrected chi connectivity index (χ4v) is 2.12. The van der Waals surface area contributed by atoms with Crippen LogP contribution >= 0.6 is 34.2 Å². The summed E-state index contributed by atoms with van der Waals surface area (Å²) in [5.41, 5.74) is 0. The zero-order valence-electron chi connectivity index (χ0n) is 7.81. The summed E-state index contributed by atoms with van der Waals surface area (Å²) in [6, 6.07) is 0. The Hall–Kier alpha value is -0.150. The normalized spacial score (nSPS) is 25.6. The molecule has 3 nitrogen and oxygen atoms in total. The lowest BCUT2D eigenvalue weighted by atomic mass is 10.2. The van der Waals surface area contributed by atoms with Crippen LogP contribution in [0.5, 0.6) is 0 Å². The van der Waals surface area contributed by atoms with E-state index in [9.17, 15) is 13.2 Å². The quantitative estimate of drug-likeness (QED) is 0.456. The highest BCUT2D eigenvalue weighted by Crippen LogP contribution is 2.30. The van der Waals surface area contributed by atoms with Crippen LogP contribution in [0, 0.1) is 0 Å². The second kappa shape index (κ2) is 5.01. The van der Waals surface area contributed by atoms with Gasteiger partial charge in [0.1, 0.15) is 5.76 Å². The Balaban J connectivity index is 2.63. The molecule has 8 heteroatoms. The molecule has 1 atom stereocenters. The van der Waals surface area contributed by atoms with Crippen molar-refractivity contribution in [2.75, 3.05) is 13.2 Å². The van der Waals surface area contributed by atoms with Gasteiger partial charge < -0.3 is 15.2 Å². The third kappa shape index (κ3) is 4.02. The first kappa shape index (κ1) is 13.9. The Morgan fingerprint density at radius 1 is 1.56 bits per heavy atom. The maximum Gasteiger partial charge on any atom is 0.422 e. The molecule has 0 saturated carbocycles. The maximum atomic E-state index is 11.9. The molecule has 0 aromatic heterocycles. The lowest BCUT2D eigenvalue weighted by molar-refractivity contribution is -0.164. The number of aliphatic hydroxyl groups is 1. The van der Waals surface area contributed by atoms with Gasteiger partial charge in [0, 0.05) is 6.20 Å². The smallest absolute Gasteiger partial charge is 0.422 e. The standard InChI is InChI=1S/C8H8ClF3INO2/c9-7(3-15)1-5(13)6(2-14-7)16-4-8(10,11)12/h1-2,14-15H,3-4H2. The van der Waals surface area contributed by atoms with Gasteiger partial charge >= 0.3 is 6.18 Å². The van der Waals surface area contributed by atoms with Gasteiger partial charge in [-0.3, -0.25) is 0 Å². The van der Waals surface area contributed by atoms with Crippen LogP contribution in [0.2, 0.25) is 0 Å². The van der Waals surface area contributed by atoms with Gasteiger partial charge in [-0.1, -0.05) is 11.6 Å². The molecule has 0 aromatic carbocycles. The van der Waals surface area contributed by atoms with E-state index in [2.05, 4.69) is 10.1 Å². The first-order valence-corrected chi connectivity index (χ1v) is 5.57. The minimum Gasteiger partial charge on any atom is -0.482 e. The Kier molecular flexibility index (Phi) is 4.35. The van der Waals surface area contributed by atoms with E-state index in [1.165, 1.54) is 12.3 Å². The zero-order chi connectivity index (χ0) is 12.4. The number of alkyl halides is 4. The summed E-state index contributed by atoms with van der Waals surface area (Å²) >= 11 is 7.63. The van der Waals surface area contributed by atoms with Gasteiger partial charge in [0.15, 0.2) is 11.6 Å². The van der Waals surface area contributed by atoms with Crippen molar-refractivity contribution in [3.63, 3.8) is 0 Å². The summed E-state index contributed by atoms with van der Waals surface area (Å²) in [4.78, 5) is -1.18. The molecule has 0 fully saturated rings. The fraction of sp³-hybridized carbons (Fsp3) is 0.500. The van der Waals surface area contributed by atoms with Crippen LogP contribution in [0.4, 0.5) is 13.2 Å². The Morgan fingerprint density at radius 3 is 2.62 bits per heavy atom. The largest absolute Gasteiger partial charge is 0.482 e. The third-order valence-corrected chi connectivity index (χ3v) is 2.84. The maximum absolute atomic E-state index is 11.9. The Labute approximate surface area is 108 Å². The lowest BCUT2D eigenvalue weighted by Gasteiger charge is -2.27. The molecule has 0 saturated heterocycles. The Morgan fingerprint density at radius 2 is 2.19 bits per heavy atom. The van der Waals surface area contributed by atoms with Gasteiger partial charge in [0.25, 0.3) is 0 Å².